The number of nitrogens with one attached hydrogen (secondary N) is 3. The fourth-order valence-electron chi connectivity index (χ4n) is 5.96. The quantitative estimate of drug-likeness (QED) is 0.153. The van der Waals surface area contributed by atoms with Crippen molar-refractivity contribution in [2.75, 3.05) is 32.2 Å². The van der Waals surface area contributed by atoms with Gasteiger partial charge in [-0.3, -0.25) is 4.79 Å². The Morgan fingerprint density at radius 3 is 2.15 bits per heavy atom. The van der Waals surface area contributed by atoms with E-state index in [-0.39, 0.29) is 24.7 Å². The molecule has 0 radical (unpaired) electrons. The van der Waals surface area contributed by atoms with Gasteiger partial charge in [0.1, 0.15) is 6.04 Å². The van der Waals surface area contributed by atoms with Crippen LogP contribution in [0.3, 0.4) is 0 Å². The molecular weight excluding hydrogens is 594 g/mol. The van der Waals surface area contributed by atoms with Gasteiger partial charge in [-0.25, -0.2) is 4.79 Å². The summed E-state index contributed by atoms with van der Waals surface area (Å²) in [5.74, 6) is -0.833. The molecule has 1 unspecified atom stereocenters. The summed E-state index contributed by atoms with van der Waals surface area (Å²) in [5.41, 5.74) is 4.45. The van der Waals surface area contributed by atoms with Crippen LogP contribution < -0.4 is 16.0 Å². The molecule has 0 bridgehead atoms. The van der Waals surface area contributed by atoms with Gasteiger partial charge in [0, 0.05) is 18.2 Å². The predicted octanol–water partition coefficient (Wildman–Crippen LogP) is 5.05. The summed E-state index contributed by atoms with van der Waals surface area (Å²) >= 11 is 0. The second-order valence-corrected chi connectivity index (χ2v) is 11.6. The molecule has 5 rings (SSSR count). The topological polar surface area (TPSA) is 118 Å². The number of ether oxygens (including phenoxy) is 3. The van der Waals surface area contributed by atoms with Crippen LogP contribution in [-0.2, 0) is 32.0 Å². The normalized spacial score (nSPS) is 18.3. The van der Waals surface area contributed by atoms with Crippen molar-refractivity contribution in [1.82, 2.24) is 10.6 Å². The smallest absolute Gasteiger partial charge is 0.407 e. The number of hydrogen-bond donors (Lipinski definition) is 4. The Kier molecular flexibility index (Phi) is 12.5. The van der Waals surface area contributed by atoms with Gasteiger partial charge in [0.05, 0.1) is 45.2 Å². The zero-order valence-corrected chi connectivity index (χ0v) is 26.6. The van der Waals surface area contributed by atoms with Gasteiger partial charge < -0.3 is 35.3 Å². The molecule has 1 fully saturated rings. The number of carbonyl (C=O) groups is 2. The molecule has 0 saturated carbocycles. The number of hydrogen-bond acceptors (Lipinski definition) is 7. The predicted molar refractivity (Wildman–Crippen MR) is 181 cm³/mol. The Bertz CT molecular complexity index is 1500. The molecule has 47 heavy (non-hydrogen) atoms. The maximum absolute atomic E-state index is 14.0. The van der Waals surface area contributed by atoms with Crippen molar-refractivity contribution in [3.63, 3.8) is 0 Å². The van der Waals surface area contributed by atoms with E-state index in [2.05, 4.69) is 16.0 Å². The molecule has 1 aliphatic heterocycles. The average molecular weight is 638 g/mol. The van der Waals surface area contributed by atoms with Crippen LogP contribution in [0.2, 0.25) is 0 Å². The molecule has 0 aromatic heterocycles. The molecule has 1 saturated heterocycles. The van der Waals surface area contributed by atoms with Crippen LogP contribution in [0.25, 0.3) is 0 Å². The minimum atomic E-state index is -0.961. The maximum atomic E-state index is 14.0. The highest BCUT2D eigenvalue weighted by atomic mass is 16.5. The number of amides is 2. The summed E-state index contributed by atoms with van der Waals surface area (Å²) in [6.07, 6.45) is 0.0908. The van der Waals surface area contributed by atoms with Crippen molar-refractivity contribution in [3.8, 4) is 0 Å². The monoisotopic (exact) mass is 637 g/mol. The van der Waals surface area contributed by atoms with Crippen molar-refractivity contribution in [2.45, 2.75) is 49.7 Å². The van der Waals surface area contributed by atoms with E-state index < -0.39 is 24.2 Å². The lowest BCUT2D eigenvalue weighted by molar-refractivity contribution is -0.118. The standard InChI is InChI=1S/C38H43N3O6/c1-45-38(44)41-36(35(29-16-7-3-8-17-29)30-18-9-4-10-19-30)37(43)40-32-20-12-11-15-28(32)21-22-31-23-39-33(34(24-42)47-31)26-46-25-27-13-5-2-6-14-27/h2-20,31,33-36,39,42H,21-26H2,1H3,(H,40,43)(H,41,44)/t31-,33-,34-,36?/m1/s1. The molecule has 9 nitrogen and oxygen atoms in total. The lowest BCUT2D eigenvalue weighted by atomic mass is 9.84. The van der Waals surface area contributed by atoms with E-state index in [4.69, 9.17) is 14.2 Å². The number of aryl methyl sites for hydroxylation is 1. The number of aliphatic hydroxyl groups is 1. The van der Waals surface area contributed by atoms with E-state index in [0.29, 0.717) is 38.3 Å². The van der Waals surface area contributed by atoms with Gasteiger partial charge in [0.2, 0.25) is 5.91 Å². The highest BCUT2D eigenvalue weighted by molar-refractivity contribution is 5.98. The second kappa shape index (κ2) is 17.4. The van der Waals surface area contributed by atoms with Crippen molar-refractivity contribution in [3.05, 3.63) is 138 Å². The minimum Gasteiger partial charge on any atom is -0.453 e. The third kappa shape index (κ3) is 9.49. The Balaban J connectivity index is 1.24. The van der Waals surface area contributed by atoms with E-state index in [1.807, 2.05) is 115 Å². The van der Waals surface area contributed by atoms with Gasteiger partial charge >= 0.3 is 6.09 Å². The van der Waals surface area contributed by atoms with Crippen LogP contribution in [0.1, 0.15) is 34.6 Å². The van der Waals surface area contributed by atoms with Crippen molar-refractivity contribution < 1.29 is 28.9 Å². The molecule has 4 atom stereocenters. The average Bonchev–Trinajstić information content (AvgIpc) is 3.12. The third-order valence-corrected chi connectivity index (χ3v) is 8.42. The maximum Gasteiger partial charge on any atom is 0.407 e. The highest BCUT2D eigenvalue weighted by Gasteiger charge is 2.34. The Morgan fingerprint density at radius 2 is 1.51 bits per heavy atom. The number of benzene rings is 4. The lowest BCUT2D eigenvalue weighted by Crippen LogP contribution is -2.55. The number of rotatable bonds is 14. The first kappa shape index (κ1) is 33.8. The summed E-state index contributed by atoms with van der Waals surface area (Å²) in [5, 5.41) is 19.4. The molecular formula is C38H43N3O6. The molecule has 9 heteroatoms. The summed E-state index contributed by atoms with van der Waals surface area (Å²) in [4.78, 5) is 26.6. The van der Waals surface area contributed by atoms with Crippen LogP contribution in [-0.4, -0.2) is 68.3 Å². The first-order valence-corrected chi connectivity index (χ1v) is 16.0. The summed E-state index contributed by atoms with van der Waals surface area (Å²) in [6, 6.07) is 35.8. The Labute approximate surface area is 276 Å². The van der Waals surface area contributed by atoms with Gasteiger partial charge in [-0.2, -0.15) is 0 Å². The molecule has 1 heterocycles. The Hall–Kier alpha value is -4.54. The van der Waals surface area contributed by atoms with Crippen molar-refractivity contribution in [1.29, 1.82) is 0 Å². The van der Waals surface area contributed by atoms with E-state index >= 15 is 0 Å². The number of morpholine rings is 1. The number of aliphatic hydroxyl groups excluding tert-OH is 1. The lowest BCUT2D eigenvalue weighted by Gasteiger charge is -2.36. The van der Waals surface area contributed by atoms with Gasteiger partial charge in [0.15, 0.2) is 0 Å². The van der Waals surface area contributed by atoms with Crippen LogP contribution in [0.4, 0.5) is 10.5 Å². The van der Waals surface area contributed by atoms with E-state index in [1.165, 1.54) is 7.11 Å². The van der Waals surface area contributed by atoms with Gasteiger partial charge in [0.25, 0.3) is 0 Å². The zero-order valence-electron chi connectivity index (χ0n) is 26.6. The van der Waals surface area contributed by atoms with Crippen LogP contribution in [0.15, 0.2) is 115 Å². The van der Waals surface area contributed by atoms with Gasteiger partial charge in [-0.05, 0) is 41.2 Å². The molecule has 246 valence electrons. The fourth-order valence-corrected chi connectivity index (χ4v) is 5.96. The van der Waals surface area contributed by atoms with Crippen LogP contribution in [0, 0.1) is 0 Å². The third-order valence-electron chi connectivity index (χ3n) is 8.42. The number of para-hydroxylation sites is 1. The molecule has 0 aliphatic carbocycles. The zero-order chi connectivity index (χ0) is 32.8. The molecule has 4 aromatic carbocycles. The fraction of sp³-hybridized carbons (Fsp3) is 0.316. The van der Waals surface area contributed by atoms with E-state index in [1.54, 1.807) is 0 Å². The number of carbonyl (C=O) groups excluding carboxylic acids is 2. The number of alkyl carbamates (subject to hydrolysis) is 1. The SMILES string of the molecule is COC(=O)NC(C(=O)Nc1ccccc1CC[C@@H]1CN[C@H](COCc2ccccc2)[C@@H](CO)O1)C(c1ccccc1)c1ccccc1. The molecule has 4 aromatic rings. The summed E-state index contributed by atoms with van der Waals surface area (Å²) in [7, 11) is 1.28. The first-order chi connectivity index (χ1) is 23.1. The molecule has 4 N–H and O–H groups in total. The summed E-state index contributed by atoms with van der Waals surface area (Å²) in [6.45, 7) is 1.42. The van der Waals surface area contributed by atoms with Gasteiger partial charge in [-0.15, -0.1) is 0 Å². The highest BCUT2D eigenvalue weighted by Crippen LogP contribution is 2.30. The number of methoxy groups -OCH3 is 1. The molecule has 1 aliphatic rings. The number of anilines is 1. The van der Waals surface area contributed by atoms with Crippen LogP contribution in [0.5, 0.6) is 0 Å². The van der Waals surface area contributed by atoms with Crippen molar-refractivity contribution >= 4 is 17.7 Å². The van der Waals surface area contributed by atoms with E-state index in [0.717, 1.165) is 22.3 Å². The minimum absolute atomic E-state index is 0.117. The molecule has 0 spiro atoms. The van der Waals surface area contributed by atoms with Gasteiger partial charge in [-0.1, -0.05) is 109 Å². The van der Waals surface area contributed by atoms with Crippen molar-refractivity contribution in [2.24, 2.45) is 0 Å². The Morgan fingerprint density at radius 1 is 0.894 bits per heavy atom. The largest absolute Gasteiger partial charge is 0.453 e. The first-order valence-electron chi connectivity index (χ1n) is 16.0. The second-order valence-electron chi connectivity index (χ2n) is 11.6. The molecule has 2 amide bonds. The van der Waals surface area contributed by atoms with Crippen LogP contribution >= 0.6 is 0 Å². The van der Waals surface area contributed by atoms with E-state index in [9.17, 15) is 14.7 Å². The summed E-state index contributed by atoms with van der Waals surface area (Å²) < 4.78 is 17.1.